The zero-order valence-corrected chi connectivity index (χ0v) is 22.2. The molecule has 0 fully saturated rings. The molecule has 0 saturated carbocycles. The average Bonchev–Trinajstić information content (AvgIpc) is 3.20. The van der Waals surface area contributed by atoms with E-state index in [4.69, 9.17) is 0 Å². The predicted octanol–water partition coefficient (Wildman–Crippen LogP) is 8.62. The van der Waals surface area contributed by atoms with Gasteiger partial charge in [-0.1, -0.05) is 69.6 Å². The second-order valence-corrected chi connectivity index (χ2v) is 5.66. The van der Waals surface area contributed by atoms with Gasteiger partial charge in [-0.3, -0.25) is 6.08 Å². The first-order chi connectivity index (χ1) is 10.4. The first kappa shape index (κ1) is 37.0. The number of hydrogen-bond donors (Lipinski definition) is 0. The van der Waals surface area contributed by atoms with E-state index in [1.807, 2.05) is 30.3 Å². The second kappa shape index (κ2) is 23.2. The Bertz CT molecular complexity index is 494. The standard InChI is InChI=1S/C16H21.C5H5.5CH3.Hf/c1-2-3-4-5-6-9-14-12-13-15-10-7-8-11-16(14)15;1-2-4-5-3-1;;;;;;/h7-8,10-11,13-14H,2-6,9H2,1H3;1-5H;5*1H3;/q7*-1;. The summed E-state index contributed by atoms with van der Waals surface area (Å²) < 4.78 is 0. The molecule has 0 saturated heterocycles. The third-order valence-electron chi connectivity index (χ3n) is 3.96. The Balaban J connectivity index is -0.000000130. The van der Waals surface area contributed by atoms with E-state index in [1.165, 1.54) is 49.7 Å². The number of allylic oxidation sites excluding steroid dienone is 1. The van der Waals surface area contributed by atoms with Crippen molar-refractivity contribution in [2.75, 3.05) is 0 Å². The molecule has 0 aliphatic heterocycles. The van der Waals surface area contributed by atoms with Crippen LogP contribution in [0.25, 0.3) is 6.08 Å². The van der Waals surface area contributed by atoms with Gasteiger partial charge >= 0.3 is 0 Å². The van der Waals surface area contributed by atoms with Crippen LogP contribution >= 0.6 is 0 Å². The first-order valence-corrected chi connectivity index (χ1v) is 8.26. The Morgan fingerprint density at radius 3 is 1.96 bits per heavy atom. The molecule has 0 amide bonds. The third-order valence-corrected chi connectivity index (χ3v) is 3.96. The van der Waals surface area contributed by atoms with Crippen LogP contribution in [0, 0.1) is 43.2 Å². The largest absolute Gasteiger partial charge is 0.358 e. The molecule has 1 aliphatic rings. The van der Waals surface area contributed by atoms with Crippen molar-refractivity contribution in [2.24, 2.45) is 0 Å². The molecule has 1 aliphatic carbocycles. The summed E-state index contributed by atoms with van der Waals surface area (Å²) >= 11 is 0. The molecule has 1 atom stereocenters. The van der Waals surface area contributed by atoms with Gasteiger partial charge in [-0.2, -0.15) is 23.8 Å². The Hall–Kier alpha value is -0.820. The van der Waals surface area contributed by atoms with Crippen molar-refractivity contribution in [2.45, 2.75) is 51.4 Å². The van der Waals surface area contributed by atoms with E-state index >= 15 is 0 Å². The summed E-state index contributed by atoms with van der Waals surface area (Å²) in [6.45, 7) is 2.27. The quantitative estimate of drug-likeness (QED) is 0.199. The predicted molar refractivity (Wildman–Crippen MR) is 124 cm³/mol. The van der Waals surface area contributed by atoms with Gasteiger partial charge in [-0.15, -0.1) is 11.6 Å². The van der Waals surface area contributed by atoms with Gasteiger partial charge in [0.1, 0.15) is 0 Å². The minimum absolute atomic E-state index is 0. The van der Waals surface area contributed by atoms with Crippen LogP contribution in [0.1, 0.15) is 62.5 Å². The molecule has 156 valence electrons. The van der Waals surface area contributed by atoms with Gasteiger partial charge < -0.3 is 37.1 Å². The molecule has 0 radical (unpaired) electrons. The van der Waals surface area contributed by atoms with Crippen molar-refractivity contribution in [3.63, 3.8) is 0 Å². The summed E-state index contributed by atoms with van der Waals surface area (Å²) in [5.74, 6) is 0.567. The number of unbranched alkanes of at least 4 members (excludes halogenated alkanes) is 4. The van der Waals surface area contributed by atoms with Gasteiger partial charge in [-0.05, 0) is 0 Å². The fraction of sp³-hybridized carbons (Fsp3) is 0.308. The maximum Gasteiger partial charge on any atom is 0 e. The minimum Gasteiger partial charge on any atom is -0.358 e. The Labute approximate surface area is 191 Å². The minimum atomic E-state index is 0. The molecule has 0 nitrogen and oxygen atoms in total. The van der Waals surface area contributed by atoms with Crippen molar-refractivity contribution in [1.29, 1.82) is 0 Å². The molecule has 0 bridgehead atoms. The van der Waals surface area contributed by atoms with Gasteiger partial charge in [0.05, 0.1) is 0 Å². The summed E-state index contributed by atoms with van der Waals surface area (Å²) in [5.41, 5.74) is 2.86. The van der Waals surface area contributed by atoms with Crippen LogP contribution < -0.4 is 0 Å². The van der Waals surface area contributed by atoms with Gasteiger partial charge in [0.15, 0.2) is 0 Å². The van der Waals surface area contributed by atoms with Crippen LogP contribution in [0.2, 0.25) is 0 Å². The van der Waals surface area contributed by atoms with Crippen molar-refractivity contribution < 1.29 is 25.8 Å². The molecular weight excluding hydrogens is 491 g/mol. The summed E-state index contributed by atoms with van der Waals surface area (Å²) in [6, 6.07) is 18.7. The van der Waals surface area contributed by atoms with Crippen molar-refractivity contribution in [3.8, 4) is 0 Å². The number of benzene rings is 1. The van der Waals surface area contributed by atoms with E-state index in [0.717, 1.165) is 0 Å². The molecule has 1 heteroatoms. The van der Waals surface area contributed by atoms with Crippen molar-refractivity contribution in [1.82, 2.24) is 0 Å². The van der Waals surface area contributed by atoms with Crippen LogP contribution in [0.15, 0.2) is 54.6 Å². The van der Waals surface area contributed by atoms with E-state index in [-0.39, 0.29) is 63.0 Å². The van der Waals surface area contributed by atoms with Gasteiger partial charge in [0.25, 0.3) is 0 Å². The van der Waals surface area contributed by atoms with Gasteiger partial charge in [-0.25, -0.2) is 18.2 Å². The zero-order valence-electron chi connectivity index (χ0n) is 18.6. The number of rotatable bonds is 6. The molecule has 3 rings (SSSR count). The van der Waals surface area contributed by atoms with E-state index in [0.29, 0.717) is 5.92 Å². The molecule has 0 aromatic heterocycles. The molecule has 0 N–H and O–H groups in total. The number of fused-ring (bicyclic) bond motifs is 1. The van der Waals surface area contributed by atoms with Crippen molar-refractivity contribution in [3.05, 3.63) is 109 Å². The summed E-state index contributed by atoms with van der Waals surface area (Å²) in [5, 5.41) is 0. The average molecular weight is 532 g/mol. The molecule has 2 aromatic rings. The Kier molecular flexibility index (Phi) is 31.8. The fourth-order valence-corrected chi connectivity index (χ4v) is 2.75. The van der Waals surface area contributed by atoms with Crippen LogP contribution in [0.5, 0.6) is 0 Å². The van der Waals surface area contributed by atoms with Crippen LogP contribution in [0.4, 0.5) is 0 Å². The molecule has 2 aromatic carbocycles. The summed E-state index contributed by atoms with van der Waals surface area (Å²) in [7, 11) is 0. The number of hydrogen-bond acceptors (Lipinski definition) is 0. The maximum atomic E-state index is 3.49. The smallest absolute Gasteiger partial charge is 0 e. The second-order valence-electron chi connectivity index (χ2n) is 5.66. The SMILES string of the molecule is CCCCCCCC1[C-]=Cc2ccccc21.[CH3-].[CH3-].[CH3-].[CH3-].[CH3-].[Hf].c1cc[cH-]c1. The molecule has 27 heavy (non-hydrogen) atoms. The zero-order chi connectivity index (χ0) is 14.8. The summed E-state index contributed by atoms with van der Waals surface area (Å²) in [6.07, 6.45) is 13.8. The van der Waals surface area contributed by atoms with Crippen LogP contribution in [-0.2, 0) is 25.8 Å². The van der Waals surface area contributed by atoms with E-state index in [2.05, 4.69) is 43.3 Å². The molecule has 0 heterocycles. The molecule has 0 spiro atoms. The van der Waals surface area contributed by atoms with E-state index in [1.54, 1.807) is 0 Å². The fourth-order valence-electron chi connectivity index (χ4n) is 2.75. The Morgan fingerprint density at radius 2 is 1.41 bits per heavy atom. The van der Waals surface area contributed by atoms with Crippen molar-refractivity contribution >= 4 is 6.08 Å². The first-order valence-electron chi connectivity index (χ1n) is 8.26. The third kappa shape index (κ3) is 13.9. The normalized spacial score (nSPS) is 12.0. The van der Waals surface area contributed by atoms with E-state index in [9.17, 15) is 0 Å². The van der Waals surface area contributed by atoms with Gasteiger partial charge in [0.2, 0.25) is 0 Å². The monoisotopic (exact) mass is 533 g/mol. The molecule has 1 unspecified atom stereocenters. The topological polar surface area (TPSA) is 0 Å². The van der Waals surface area contributed by atoms with Crippen LogP contribution in [-0.4, -0.2) is 0 Å². The maximum absolute atomic E-state index is 3.49. The molecular formula is C26H41Hf-7. The van der Waals surface area contributed by atoms with Crippen LogP contribution in [0.3, 0.4) is 0 Å². The Morgan fingerprint density at radius 1 is 0.815 bits per heavy atom. The van der Waals surface area contributed by atoms with Gasteiger partial charge in [0, 0.05) is 25.8 Å². The van der Waals surface area contributed by atoms with E-state index < -0.39 is 0 Å². The summed E-state index contributed by atoms with van der Waals surface area (Å²) in [4.78, 5) is 0.